The van der Waals surface area contributed by atoms with E-state index in [1.807, 2.05) is 6.92 Å². The van der Waals surface area contributed by atoms with Gasteiger partial charge in [-0.15, -0.1) is 0 Å². The van der Waals surface area contributed by atoms with E-state index in [9.17, 15) is 4.79 Å². The predicted molar refractivity (Wildman–Crippen MR) is 44.1 cm³/mol. The third-order valence-corrected chi connectivity index (χ3v) is 3.08. The molecule has 1 heteroatoms. The Balaban J connectivity index is 2.13. The van der Waals surface area contributed by atoms with Crippen molar-refractivity contribution in [3.05, 3.63) is 12.2 Å². The van der Waals surface area contributed by atoms with Crippen LogP contribution in [-0.4, -0.2) is 5.78 Å². The Morgan fingerprint density at radius 2 is 1.91 bits per heavy atom. The summed E-state index contributed by atoms with van der Waals surface area (Å²) < 4.78 is 0. The fourth-order valence-electron chi connectivity index (χ4n) is 2.49. The number of ketones is 1. The van der Waals surface area contributed by atoms with Crippen LogP contribution < -0.4 is 0 Å². The molecule has 1 unspecified atom stereocenters. The lowest BCUT2D eigenvalue weighted by Gasteiger charge is -2.12. The van der Waals surface area contributed by atoms with Crippen molar-refractivity contribution in [2.24, 2.45) is 17.8 Å². The van der Waals surface area contributed by atoms with Crippen LogP contribution >= 0.6 is 0 Å². The number of hydrogen-bond acceptors (Lipinski definition) is 1. The monoisotopic (exact) mass is 150 g/mol. The van der Waals surface area contributed by atoms with Gasteiger partial charge in [0, 0.05) is 12.3 Å². The summed E-state index contributed by atoms with van der Waals surface area (Å²) in [6.45, 7) is 1.97. The van der Waals surface area contributed by atoms with E-state index in [-0.39, 0.29) is 0 Å². The van der Waals surface area contributed by atoms with Gasteiger partial charge in [-0.3, -0.25) is 4.79 Å². The largest absolute Gasteiger partial charge is 0.299 e. The molecular weight excluding hydrogens is 136 g/mol. The van der Waals surface area contributed by atoms with E-state index in [1.165, 1.54) is 12.8 Å². The summed E-state index contributed by atoms with van der Waals surface area (Å²) in [6, 6.07) is 0. The molecule has 0 radical (unpaired) electrons. The first-order valence-electron chi connectivity index (χ1n) is 4.54. The molecule has 0 heterocycles. The number of carbonyl (C=O) groups is 1. The Morgan fingerprint density at radius 1 is 1.36 bits per heavy atom. The number of hydrogen-bond donors (Lipinski definition) is 0. The lowest BCUT2D eigenvalue weighted by molar-refractivity contribution is -0.123. The molecule has 1 saturated carbocycles. The van der Waals surface area contributed by atoms with Gasteiger partial charge in [-0.2, -0.15) is 0 Å². The lowest BCUT2D eigenvalue weighted by Crippen LogP contribution is -2.18. The molecule has 0 amide bonds. The quantitative estimate of drug-likeness (QED) is 0.551. The van der Waals surface area contributed by atoms with Crippen LogP contribution in [0.25, 0.3) is 0 Å². The summed E-state index contributed by atoms with van der Waals surface area (Å²) in [5, 5.41) is 0. The zero-order chi connectivity index (χ0) is 7.84. The van der Waals surface area contributed by atoms with Crippen LogP contribution in [0.4, 0.5) is 0 Å². The summed E-state index contributed by atoms with van der Waals surface area (Å²) in [6.07, 6.45) is 7.70. The summed E-state index contributed by atoms with van der Waals surface area (Å²) in [7, 11) is 0. The van der Waals surface area contributed by atoms with Crippen molar-refractivity contribution in [3.8, 4) is 0 Å². The maximum atomic E-state index is 11.4. The van der Waals surface area contributed by atoms with Gasteiger partial charge in [0.25, 0.3) is 0 Å². The Labute approximate surface area is 67.5 Å². The Morgan fingerprint density at radius 3 is 2.27 bits per heavy atom. The lowest BCUT2D eigenvalue weighted by atomic mass is 9.91. The highest BCUT2D eigenvalue weighted by molar-refractivity contribution is 5.82. The second-order valence-corrected chi connectivity index (χ2v) is 3.64. The molecule has 0 spiro atoms. The average Bonchev–Trinajstić information content (AvgIpc) is 2.61. The summed E-state index contributed by atoms with van der Waals surface area (Å²) in [5.41, 5.74) is 0. The van der Waals surface area contributed by atoms with Crippen LogP contribution in [0.2, 0.25) is 0 Å². The number of Topliss-reactive ketones (excluding diaryl/α,β-unsaturated/α-hetero) is 1. The van der Waals surface area contributed by atoms with E-state index in [4.69, 9.17) is 0 Å². The molecule has 60 valence electrons. The topological polar surface area (TPSA) is 17.1 Å². The van der Waals surface area contributed by atoms with E-state index in [0.29, 0.717) is 23.5 Å². The highest BCUT2D eigenvalue weighted by Crippen LogP contribution is 2.44. The third kappa shape index (κ3) is 0.943. The maximum Gasteiger partial charge on any atom is 0.136 e. The molecule has 11 heavy (non-hydrogen) atoms. The van der Waals surface area contributed by atoms with Gasteiger partial charge < -0.3 is 0 Å². The molecule has 1 fully saturated rings. The number of fused-ring (bicyclic) bond motifs is 2. The zero-order valence-corrected chi connectivity index (χ0v) is 6.92. The van der Waals surface area contributed by atoms with E-state index in [1.54, 1.807) is 0 Å². The molecule has 3 atom stereocenters. The van der Waals surface area contributed by atoms with Crippen molar-refractivity contribution in [1.29, 1.82) is 0 Å². The minimum absolute atomic E-state index is 0.375. The molecule has 1 nitrogen and oxygen atoms in total. The van der Waals surface area contributed by atoms with Crippen LogP contribution in [0.3, 0.4) is 0 Å². The maximum absolute atomic E-state index is 11.4. The van der Waals surface area contributed by atoms with E-state index in [0.717, 1.165) is 6.42 Å². The van der Waals surface area contributed by atoms with Crippen LogP contribution in [0.15, 0.2) is 12.2 Å². The number of allylic oxidation sites excluding steroid dienone is 2. The molecule has 2 aliphatic rings. The van der Waals surface area contributed by atoms with Crippen molar-refractivity contribution in [2.75, 3.05) is 0 Å². The van der Waals surface area contributed by atoms with Crippen LogP contribution in [0.1, 0.15) is 26.2 Å². The molecule has 0 N–H and O–H groups in total. The minimum Gasteiger partial charge on any atom is -0.299 e. The normalized spacial score (nSPS) is 39.9. The van der Waals surface area contributed by atoms with E-state index < -0.39 is 0 Å². The highest BCUT2D eigenvalue weighted by atomic mass is 16.1. The second kappa shape index (κ2) is 2.47. The third-order valence-electron chi connectivity index (χ3n) is 3.08. The summed E-state index contributed by atoms with van der Waals surface area (Å²) >= 11 is 0. The first kappa shape index (κ1) is 7.08. The molecule has 0 aliphatic heterocycles. The second-order valence-electron chi connectivity index (χ2n) is 3.64. The summed E-state index contributed by atoms with van der Waals surface area (Å²) in [5.74, 6) is 2.06. The summed E-state index contributed by atoms with van der Waals surface area (Å²) in [4.78, 5) is 11.4. The smallest absolute Gasteiger partial charge is 0.136 e. The van der Waals surface area contributed by atoms with Gasteiger partial charge in [0.05, 0.1) is 0 Å². The van der Waals surface area contributed by atoms with E-state index >= 15 is 0 Å². The van der Waals surface area contributed by atoms with Crippen molar-refractivity contribution in [2.45, 2.75) is 26.2 Å². The van der Waals surface area contributed by atoms with Gasteiger partial charge in [-0.1, -0.05) is 19.1 Å². The first-order valence-corrected chi connectivity index (χ1v) is 4.54. The molecule has 2 bridgehead atoms. The van der Waals surface area contributed by atoms with E-state index in [2.05, 4.69) is 12.2 Å². The standard InChI is InChI=1S/C10H14O/c1-2-9(11)10-7-3-4-8(10)6-5-7/h3-4,7-8,10H,2,5-6H2,1H3/t7-,8+,10?. The number of rotatable bonds is 2. The molecule has 2 rings (SSSR count). The fraction of sp³-hybridized carbons (Fsp3) is 0.700. The first-order chi connectivity index (χ1) is 5.33. The fourth-order valence-corrected chi connectivity index (χ4v) is 2.49. The molecule has 2 aliphatic carbocycles. The predicted octanol–water partition coefficient (Wildman–Crippen LogP) is 2.18. The van der Waals surface area contributed by atoms with Crippen LogP contribution in [0, 0.1) is 17.8 Å². The van der Waals surface area contributed by atoms with Gasteiger partial charge in [-0.05, 0) is 24.7 Å². The Bertz CT molecular complexity index is 191. The van der Waals surface area contributed by atoms with Crippen molar-refractivity contribution in [3.63, 3.8) is 0 Å². The number of carbonyl (C=O) groups excluding carboxylic acids is 1. The van der Waals surface area contributed by atoms with Gasteiger partial charge in [-0.25, -0.2) is 0 Å². The van der Waals surface area contributed by atoms with Crippen molar-refractivity contribution < 1.29 is 4.79 Å². The van der Waals surface area contributed by atoms with Crippen molar-refractivity contribution in [1.82, 2.24) is 0 Å². The van der Waals surface area contributed by atoms with Gasteiger partial charge >= 0.3 is 0 Å². The molecule has 0 aromatic heterocycles. The molecule has 0 saturated heterocycles. The van der Waals surface area contributed by atoms with Crippen LogP contribution in [0.5, 0.6) is 0 Å². The van der Waals surface area contributed by atoms with Crippen LogP contribution in [-0.2, 0) is 4.79 Å². The molecule has 0 aromatic rings. The van der Waals surface area contributed by atoms with Gasteiger partial charge in [0.2, 0.25) is 0 Å². The molecule has 0 aromatic carbocycles. The highest BCUT2D eigenvalue weighted by Gasteiger charge is 2.40. The SMILES string of the molecule is CCC(=O)C1[C@@H]2C=C[C@H]1CC2. The zero-order valence-electron chi connectivity index (χ0n) is 6.92. The molecular formula is C10H14O. The van der Waals surface area contributed by atoms with Gasteiger partial charge in [0.15, 0.2) is 0 Å². The average molecular weight is 150 g/mol. The Hall–Kier alpha value is -0.590. The van der Waals surface area contributed by atoms with Crippen molar-refractivity contribution >= 4 is 5.78 Å². The minimum atomic E-state index is 0.375. The Kier molecular flexibility index (Phi) is 1.59. The van der Waals surface area contributed by atoms with Gasteiger partial charge in [0.1, 0.15) is 5.78 Å².